The molecule has 0 aromatic rings. The number of fused-ring (bicyclic) bond motifs is 1. The first kappa shape index (κ1) is 8.59. The van der Waals surface area contributed by atoms with Gasteiger partial charge in [-0.15, -0.1) is 0 Å². The monoisotopic (exact) mass is 166 g/mol. The maximum Gasteiger partial charge on any atom is -0.0324 e. The van der Waals surface area contributed by atoms with Crippen molar-refractivity contribution in [3.63, 3.8) is 0 Å². The minimum Gasteiger partial charge on any atom is -0.0651 e. The second-order valence-electron chi connectivity index (χ2n) is 5.25. The minimum atomic E-state index is 1.02. The van der Waals surface area contributed by atoms with Gasteiger partial charge in [0.2, 0.25) is 0 Å². The van der Waals surface area contributed by atoms with Crippen LogP contribution < -0.4 is 0 Å². The summed E-state index contributed by atoms with van der Waals surface area (Å²) in [5.41, 5.74) is 0. The van der Waals surface area contributed by atoms with E-state index in [2.05, 4.69) is 27.7 Å². The Kier molecular flexibility index (Phi) is 1.97. The summed E-state index contributed by atoms with van der Waals surface area (Å²) in [7, 11) is 0. The van der Waals surface area contributed by atoms with E-state index in [-0.39, 0.29) is 0 Å². The summed E-state index contributed by atoms with van der Waals surface area (Å²) in [6.45, 7) is 9.76. The van der Waals surface area contributed by atoms with Crippen molar-refractivity contribution in [3.8, 4) is 0 Å². The molecule has 0 spiro atoms. The largest absolute Gasteiger partial charge is 0.0651 e. The van der Waals surface area contributed by atoms with Crippen molar-refractivity contribution in [3.05, 3.63) is 0 Å². The summed E-state index contributed by atoms with van der Waals surface area (Å²) in [6.07, 6.45) is 2.93. The van der Waals surface area contributed by atoms with Crippen molar-refractivity contribution < 1.29 is 0 Å². The Hall–Kier alpha value is 0. The molecule has 0 N–H and O–H groups in total. The van der Waals surface area contributed by atoms with E-state index in [9.17, 15) is 0 Å². The van der Waals surface area contributed by atoms with Gasteiger partial charge in [0.05, 0.1) is 0 Å². The van der Waals surface area contributed by atoms with Crippen LogP contribution in [0.4, 0.5) is 0 Å². The highest BCUT2D eigenvalue weighted by Gasteiger charge is 2.54. The molecule has 0 aliphatic heterocycles. The van der Waals surface area contributed by atoms with E-state index in [1.54, 1.807) is 0 Å². The van der Waals surface area contributed by atoms with Gasteiger partial charge in [0.15, 0.2) is 0 Å². The van der Waals surface area contributed by atoms with Crippen molar-refractivity contribution >= 4 is 0 Å². The predicted molar refractivity (Wildman–Crippen MR) is 52.9 cm³/mol. The Morgan fingerprint density at radius 1 is 1.00 bits per heavy atom. The van der Waals surface area contributed by atoms with Crippen molar-refractivity contribution in [1.82, 2.24) is 0 Å². The van der Waals surface area contributed by atoms with E-state index in [0.29, 0.717) is 0 Å². The van der Waals surface area contributed by atoms with Gasteiger partial charge in [-0.25, -0.2) is 0 Å². The smallest absolute Gasteiger partial charge is 0.0324 e. The molecular formula is C12H22. The molecule has 2 aliphatic rings. The SMILES string of the molecule is CCC1CC(C)C2C(C)C(C)C12. The molecule has 0 amide bonds. The standard InChI is InChI=1S/C12H22/c1-5-10-6-7(2)11-8(3)9(4)12(10)11/h7-12H,5-6H2,1-4H3. The first-order valence-corrected chi connectivity index (χ1v) is 5.66. The summed E-state index contributed by atoms with van der Waals surface area (Å²) in [5.74, 6) is 6.30. The van der Waals surface area contributed by atoms with Crippen LogP contribution in [-0.4, -0.2) is 0 Å². The van der Waals surface area contributed by atoms with Gasteiger partial charge in [0.25, 0.3) is 0 Å². The topological polar surface area (TPSA) is 0 Å². The van der Waals surface area contributed by atoms with Crippen LogP contribution in [-0.2, 0) is 0 Å². The molecule has 12 heavy (non-hydrogen) atoms. The van der Waals surface area contributed by atoms with Crippen LogP contribution in [0.2, 0.25) is 0 Å². The van der Waals surface area contributed by atoms with Crippen molar-refractivity contribution in [1.29, 1.82) is 0 Å². The fourth-order valence-electron chi connectivity index (χ4n) is 4.13. The molecule has 2 aliphatic carbocycles. The first-order chi connectivity index (χ1) is 5.66. The molecule has 0 nitrogen and oxygen atoms in total. The molecule has 0 radical (unpaired) electrons. The van der Waals surface area contributed by atoms with Crippen molar-refractivity contribution in [2.24, 2.45) is 35.5 Å². The fraction of sp³-hybridized carbons (Fsp3) is 1.00. The van der Waals surface area contributed by atoms with Crippen LogP contribution in [0.5, 0.6) is 0 Å². The Labute approximate surface area is 76.7 Å². The lowest BCUT2D eigenvalue weighted by Crippen LogP contribution is -2.44. The van der Waals surface area contributed by atoms with Gasteiger partial charge < -0.3 is 0 Å². The highest BCUT2D eigenvalue weighted by Crippen LogP contribution is 2.60. The van der Waals surface area contributed by atoms with Gasteiger partial charge >= 0.3 is 0 Å². The van der Waals surface area contributed by atoms with E-state index < -0.39 is 0 Å². The number of hydrogen-bond donors (Lipinski definition) is 0. The summed E-state index contributed by atoms with van der Waals surface area (Å²) < 4.78 is 0. The van der Waals surface area contributed by atoms with E-state index in [0.717, 1.165) is 35.5 Å². The van der Waals surface area contributed by atoms with Crippen LogP contribution in [0.3, 0.4) is 0 Å². The lowest BCUT2D eigenvalue weighted by molar-refractivity contribution is -0.0138. The molecule has 0 aromatic carbocycles. The predicted octanol–water partition coefficient (Wildman–Crippen LogP) is 3.57. The van der Waals surface area contributed by atoms with Gasteiger partial charge in [-0.2, -0.15) is 0 Å². The van der Waals surface area contributed by atoms with Gasteiger partial charge in [-0.05, 0) is 41.9 Å². The lowest BCUT2D eigenvalue weighted by atomic mass is 9.56. The zero-order valence-electron chi connectivity index (χ0n) is 8.88. The van der Waals surface area contributed by atoms with Crippen LogP contribution in [0.1, 0.15) is 40.5 Å². The van der Waals surface area contributed by atoms with Gasteiger partial charge in [-0.3, -0.25) is 0 Å². The minimum absolute atomic E-state index is 1.02. The Balaban J connectivity index is 2.11. The van der Waals surface area contributed by atoms with E-state index >= 15 is 0 Å². The number of rotatable bonds is 1. The highest BCUT2D eigenvalue weighted by molar-refractivity contribution is 5.02. The first-order valence-electron chi connectivity index (χ1n) is 5.66. The average Bonchev–Trinajstić information content (AvgIpc) is 2.38. The van der Waals surface area contributed by atoms with Gasteiger partial charge in [0, 0.05) is 0 Å². The fourth-order valence-corrected chi connectivity index (χ4v) is 4.13. The molecule has 0 heteroatoms. The zero-order chi connectivity index (χ0) is 8.88. The quantitative estimate of drug-likeness (QED) is 0.558. The maximum absolute atomic E-state index is 2.47. The Morgan fingerprint density at radius 2 is 1.58 bits per heavy atom. The average molecular weight is 166 g/mol. The Bertz CT molecular complexity index is 173. The molecule has 0 saturated heterocycles. The lowest BCUT2D eigenvalue weighted by Gasteiger charge is -2.49. The molecule has 0 heterocycles. The summed E-state index contributed by atoms with van der Waals surface area (Å²) in [4.78, 5) is 0. The van der Waals surface area contributed by atoms with Crippen LogP contribution in [0.25, 0.3) is 0 Å². The third kappa shape index (κ3) is 0.900. The van der Waals surface area contributed by atoms with E-state index in [1.165, 1.54) is 12.8 Å². The molecule has 0 bridgehead atoms. The summed E-state index contributed by atoms with van der Waals surface area (Å²) >= 11 is 0. The van der Waals surface area contributed by atoms with Crippen molar-refractivity contribution in [2.45, 2.75) is 40.5 Å². The molecule has 2 saturated carbocycles. The summed E-state index contributed by atoms with van der Waals surface area (Å²) in [6, 6.07) is 0. The zero-order valence-corrected chi connectivity index (χ0v) is 8.88. The normalized spacial score (nSPS) is 58.0. The third-order valence-electron chi connectivity index (χ3n) is 4.89. The Morgan fingerprint density at radius 3 is 2.17 bits per heavy atom. The van der Waals surface area contributed by atoms with Gasteiger partial charge in [0.1, 0.15) is 0 Å². The summed E-state index contributed by atoms with van der Waals surface area (Å²) in [5, 5.41) is 0. The number of hydrogen-bond acceptors (Lipinski definition) is 0. The van der Waals surface area contributed by atoms with Crippen LogP contribution >= 0.6 is 0 Å². The molecule has 6 unspecified atom stereocenters. The van der Waals surface area contributed by atoms with Crippen molar-refractivity contribution in [2.75, 3.05) is 0 Å². The van der Waals surface area contributed by atoms with E-state index in [4.69, 9.17) is 0 Å². The second-order valence-corrected chi connectivity index (χ2v) is 5.25. The second kappa shape index (κ2) is 2.75. The maximum atomic E-state index is 2.47. The highest BCUT2D eigenvalue weighted by atomic mass is 14.6. The molecule has 70 valence electrons. The molecular weight excluding hydrogens is 144 g/mol. The molecule has 2 rings (SSSR count). The van der Waals surface area contributed by atoms with Crippen LogP contribution in [0.15, 0.2) is 0 Å². The molecule has 6 atom stereocenters. The molecule has 0 aromatic heterocycles. The third-order valence-corrected chi connectivity index (χ3v) is 4.89. The van der Waals surface area contributed by atoms with Crippen LogP contribution in [0, 0.1) is 35.5 Å². The van der Waals surface area contributed by atoms with E-state index in [1.807, 2.05) is 0 Å². The van der Waals surface area contributed by atoms with Gasteiger partial charge in [-0.1, -0.05) is 34.1 Å². The molecule has 2 fully saturated rings.